The predicted octanol–water partition coefficient (Wildman–Crippen LogP) is 1.22. The van der Waals surface area contributed by atoms with E-state index in [1.807, 2.05) is 31.2 Å². The number of aromatic nitrogens is 3. The van der Waals surface area contributed by atoms with Gasteiger partial charge in [0.1, 0.15) is 0 Å². The topological polar surface area (TPSA) is 78.0 Å². The Morgan fingerprint density at radius 1 is 1.33 bits per heavy atom. The Labute approximate surface area is 106 Å². The Balaban J connectivity index is 2.16. The normalized spacial score (nSPS) is 10.6. The number of nitrogens with zero attached hydrogens (tertiary/aromatic N) is 3. The Morgan fingerprint density at radius 2 is 2.06 bits per heavy atom. The lowest BCUT2D eigenvalue weighted by Crippen LogP contribution is -2.09. The van der Waals surface area contributed by atoms with E-state index in [0.29, 0.717) is 25.0 Å². The van der Waals surface area contributed by atoms with Crippen LogP contribution in [0.1, 0.15) is 5.56 Å². The van der Waals surface area contributed by atoms with E-state index in [1.165, 1.54) is 5.56 Å². The maximum atomic E-state index is 5.83. The van der Waals surface area contributed by atoms with E-state index in [4.69, 9.17) is 10.5 Å². The largest absolute Gasteiger partial charge is 0.383 e. The zero-order valence-electron chi connectivity index (χ0n) is 10.6. The van der Waals surface area contributed by atoms with Crippen LogP contribution < -0.4 is 11.1 Å². The Bertz CT molecular complexity index is 506. The Kier molecular flexibility index (Phi) is 3.78. The van der Waals surface area contributed by atoms with E-state index in [2.05, 4.69) is 15.4 Å². The first kappa shape index (κ1) is 12.4. The van der Waals surface area contributed by atoms with Crippen molar-refractivity contribution in [2.24, 2.45) is 0 Å². The van der Waals surface area contributed by atoms with Crippen LogP contribution in [0.2, 0.25) is 0 Å². The molecule has 0 spiro atoms. The number of methoxy groups -OCH3 is 1. The molecular weight excluding hydrogens is 230 g/mol. The number of nitrogen functional groups attached to an aromatic ring is 1. The number of hydrogen-bond donors (Lipinski definition) is 2. The second kappa shape index (κ2) is 5.50. The smallest absolute Gasteiger partial charge is 0.244 e. The van der Waals surface area contributed by atoms with E-state index in [1.54, 1.807) is 11.8 Å². The van der Waals surface area contributed by atoms with Gasteiger partial charge in [0.25, 0.3) is 0 Å². The molecule has 0 aliphatic rings. The number of ether oxygens (including phenoxy) is 1. The Hall–Kier alpha value is -2.08. The SMILES string of the molecule is COCCNc1nc(N)n(-c2ccc(C)cc2)n1. The predicted molar refractivity (Wildman–Crippen MR) is 70.9 cm³/mol. The molecule has 3 N–H and O–H groups in total. The van der Waals surface area contributed by atoms with Crippen LogP contribution in [-0.2, 0) is 4.74 Å². The van der Waals surface area contributed by atoms with Gasteiger partial charge in [-0.3, -0.25) is 0 Å². The average Bonchev–Trinajstić information content (AvgIpc) is 2.72. The fourth-order valence-electron chi connectivity index (χ4n) is 1.54. The third kappa shape index (κ3) is 2.78. The summed E-state index contributed by atoms with van der Waals surface area (Å²) in [5, 5.41) is 7.34. The highest BCUT2D eigenvalue weighted by Gasteiger charge is 2.07. The van der Waals surface area contributed by atoms with Gasteiger partial charge in [0, 0.05) is 13.7 Å². The third-order valence-electron chi connectivity index (χ3n) is 2.50. The third-order valence-corrected chi connectivity index (χ3v) is 2.50. The molecule has 0 radical (unpaired) electrons. The second-order valence-corrected chi connectivity index (χ2v) is 3.96. The number of nitrogens with one attached hydrogen (secondary N) is 1. The van der Waals surface area contributed by atoms with Gasteiger partial charge >= 0.3 is 0 Å². The first-order valence-electron chi connectivity index (χ1n) is 5.73. The van der Waals surface area contributed by atoms with Crippen LogP contribution in [0.4, 0.5) is 11.9 Å². The number of nitrogens with two attached hydrogens (primary N) is 1. The molecule has 0 bridgehead atoms. The first-order chi connectivity index (χ1) is 8.70. The number of aryl methyl sites for hydroxylation is 1. The van der Waals surface area contributed by atoms with Crippen molar-refractivity contribution in [3.05, 3.63) is 29.8 Å². The van der Waals surface area contributed by atoms with Gasteiger partial charge in [-0.1, -0.05) is 17.7 Å². The number of hydrogen-bond acceptors (Lipinski definition) is 5. The van der Waals surface area contributed by atoms with Crippen LogP contribution in [0.3, 0.4) is 0 Å². The van der Waals surface area contributed by atoms with Crippen molar-refractivity contribution >= 4 is 11.9 Å². The van der Waals surface area contributed by atoms with E-state index in [-0.39, 0.29) is 0 Å². The molecule has 6 nitrogen and oxygen atoms in total. The van der Waals surface area contributed by atoms with Crippen molar-refractivity contribution in [1.29, 1.82) is 0 Å². The van der Waals surface area contributed by atoms with Gasteiger partial charge in [0.2, 0.25) is 11.9 Å². The minimum absolute atomic E-state index is 0.360. The van der Waals surface area contributed by atoms with Gasteiger partial charge < -0.3 is 15.8 Å². The summed E-state index contributed by atoms with van der Waals surface area (Å²) in [7, 11) is 1.65. The van der Waals surface area contributed by atoms with Crippen LogP contribution in [0.25, 0.3) is 5.69 Å². The summed E-state index contributed by atoms with van der Waals surface area (Å²) in [5.74, 6) is 0.865. The zero-order valence-corrected chi connectivity index (χ0v) is 10.6. The summed E-state index contributed by atoms with van der Waals surface area (Å²) in [4.78, 5) is 4.14. The molecule has 2 aromatic rings. The van der Waals surface area contributed by atoms with Crippen molar-refractivity contribution in [3.63, 3.8) is 0 Å². The molecule has 1 heterocycles. The van der Waals surface area contributed by atoms with Gasteiger partial charge in [0.15, 0.2) is 0 Å². The first-order valence-corrected chi connectivity index (χ1v) is 5.73. The molecule has 0 saturated heterocycles. The number of anilines is 2. The van der Waals surface area contributed by atoms with Crippen LogP contribution >= 0.6 is 0 Å². The van der Waals surface area contributed by atoms with Crippen LogP contribution in [0.15, 0.2) is 24.3 Å². The monoisotopic (exact) mass is 247 g/mol. The molecule has 1 aromatic carbocycles. The molecule has 0 saturated carbocycles. The van der Waals surface area contributed by atoms with Crippen molar-refractivity contribution in [2.75, 3.05) is 31.3 Å². The zero-order chi connectivity index (χ0) is 13.0. The molecule has 18 heavy (non-hydrogen) atoms. The van der Waals surface area contributed by atoms with Crippen molar-refractivity contribution in [2.45, 2.75) is 6.92 Å². The molecule has 6 heteroatoms. The molecule has 0 fully saturated rings. The summed E-state index contributed by atoms with van der Waals surface area (Å²) < 4.78 is 6.55. The molecule has 0 amide bonds. The molecule has 0 aliphatic heterocycles. The van der Waals surface area contributed by atoms with Gasteiger partial charge in [0.05, 0.1) is 12.3 Å². The molecule has 0 atom stereocenters. The summed E-state index contributed by atoms with van der Waals surface area (Å²) in [6.07, 6.45) is 0. The molecule has 0 aliphatic carbocycles. The number of benzene rings is 1. The van der Waals surface area contributed by atoms with Crippen LogP contribution in [0, 0.1) is 6.92 Å². The second-order valence-electron chi connectivity index (χ2n) is 3.96. The van der Waals surface area contributed by atoms with E-state index < -0.39 is 0 Å². The fourth-order valence-corrected chi connectivity index (χ4v) is 1.54. The quantitative estimate of drug-likeness (QED) is 0.777. The number of rotatable bonds is 5. The molecular formula is C12H17N5O. The lowest BCUT2D eigenvalue weighted by molar-refractivity contribution is 0.210. The van der Waals surface area contributed by atoms with Crippen molar-refractivity contribution in [1.82, 2.24) is 14.8 Å². The maximum Gasteiger partial charge on any atom is 0.244 e. The summed E-state index contributed by atoms with van der Waals surface area (Å²) in [5.41, 5.74) is 7.92. The van der Waals surface area contributed by atoms with Gasteiger partial charge in [-0.25, -0.2) is 0 Å². The van der Waals surface area contributed by atoms with E-state index in [0.717, 1.165) is 5.69 Å². The molecule has 0 unspecified atom stereocenters. The summed E-state index contributed by atoms with van der Waals surface area (Å²) in [6.45, 7) is 3.28. The summed E-state index contributed by atoms with van der Waals surface area (Å²) in [6, 6.07) is 7.93. The van der Waals surface area contributed by atoms with Crippen molar-refractivity contribution < 1.29 is 4.74 Å². The molecule has 1 aromatic heterocycles. The Morgan fingerprint density at radius 3 is 2.72 bits per heavy atom. The highest BCUT2D eigenvalue weighted by molar-refractivity contribution is 5.42. The van der Waals surface area contributed by atoms with E-state index in [9.17, 15) is 0 Å². The minimum Gasteiger partial charge on any atom is -0.383 e. The average molecular weight is 247 g/mol. The van der Waals surface area contributed by atoms with Crippen LogP contribution in [-0.4, -0.2) is 35.0 Å². The van der Waals surface area contributed by atoms with Crippen molar-refractivity contribution in [3.8, 4) is 5.69 Å². The van der Waals surface area contributed by atoms with Gasteiger partial charge in [-0.05, 0) is 19.1 Å². The minimum atomic E-state index is 0.360. The highest BCUT2D eigenvalue weighted by Crippen LogP contribution is 2.14. The van der Waals surface area contributed by atoms with E-state index >= 15 is 0 Å². The molecule has 2 rings (SSSR count). The van der Waals surface area contributed by atoms with Crippen LogP contribution in [0.5, 0.6) is 0 Å². The standard InChI is InChI=1S/C12H17N5O/c1-9-3-5-10(6-4-9)17-11(13)15-12(16-17)14-7-8-18-2/h3-6H,7-8H2,1-2H3,(H3,13,14,15,16). The maximum absolute atomic E-state index is 5.83. The lowest BCUT2D eigenvalue weighted by atomic mass is 10.2. The summed E-state index contributed by atoms with van der Waals surface area (Å²) >= 11 is 0. The van der Waals surface area contributed by atoms with Gasteiger partial charge in [-0.15, -0.1) is 5.10 Å². The molecule has 96 valence electrons. The lowest BCUT2D eigenvalue weighted by Gasteiger charge is -2.02. The highest BCUT2D eigenvalue weighted by atomic mass is 16.5. The van der Waals surface area contributed by atoms with Gasteiger partial charge in [-0.2, -0.15) is 9.67 Å². The fraction of sp³-hybridized carbons (Fsp3) is 0.333.